The van der Waals surface area contributed by atoms with Crippen LogP contribution in [0, 0.1) is 6.92 Å². The Balaban J connectivity index is 1.37. The predicted molar refractivity (Wildman–Crippen MR) is 127 cm³/mol. The maximum Gasteiger partial charge on any atom is 0.261 e. The van der Waals surface area contributed by atoms with Crippen LogP contribution in [0.15, 0.2) is 53.4 Å². The summed E-state index contributed by atoms with van der Waals surface area (Å²) < 4.78 is 28.1. The van der Waals surface area contributed by atoms with Crippen molar-refractivity contribution in [1.82, 2.24) is 14.7 Å². The zero-order valence-corrected chi connectivity index (χ0v) is 20.1. The lowest BCUT2D eigenvalue weighted by Crippen LogP contribution is -2.53. The molecule has 2 aromatic rings. The van der Waals surface area contributed by atoms with Crippen LogP contribution in [0.2, 0.25) is 0 Å². The van der Waals surface area contributed by atoms with E-state index in [2.05, 4.69) is 4.72 Å². The van der Waals surface area contributed by atoms with Crippen LogP contribution >= 0.6 is 0 Å². The summed E-state index contributed by atoms with van der Waals surface area (Å²) in [7, 11) is -3.89. The van der Waals surface area contributed by atoms with Gasteiger partial charge in [0.1, 0.15) is 6.54 Å². The lowest BCUT2D eigenvalue weighted by Gasteiger charge is -2.35. The fourth-order valence-corrected chi connectivity index (χ4v) is 5.11. The first-order valence-corrected chi connectivity index (χ1v) is 12.7. The van der Waals surface area contributed by atoms with Crippen molar-refractivity contribution in [3.63, 3.8) is 0 Å². The van der Waals surface area contributed by atoms with Gasteiger partial charge < -0.3 is 9.80 Å². The van der Waals surface area contributed by atoms with Crippen molar-refractivity contribution in [1.29, 1.82) is 0 Å². The lowest BCUT2D eigenvalue weighted by atomic mass is 10.2. The minimum Gasteiger partial charge on any atom is -0.338 e. The molecule has 35 heavy (non-hydrogen) atoms. The summed E-state index contributed by atoms with van der Waals surface area (Å²) in [4.78, 5) is 53.1. The molecular weight excluding hydrogens is 472 g/mol. The molecule has 11 heteroatoms. The highest BCUT2D eigenvalue weighted by atomic mass is 32.2. The van der Waals surface area contributed by atoms with Crippen molar-refractivity contribution in [3.05, 3.63) is 59.7 Å². The van der Waals surface area contributed by atoms with Crippen LogP contribution in [-0.4, -0.2) is 79.5 Å². The number of anilines is 1. The molecule has 184 valence electrons. The largest absolute Gasteiger partial charge is 0.338 e. The highest BCUT2D eigenvalue weighted by Gasteiger charge is 2.33. The molecule has 0 aliphatic carbocycles. The van der Waals surface area contributed by atoms with Gasteiger partial charge in [0.2, 0.25) is 17.7 Å². The summed E-state index contributed by atoms with van der Waals surface area (Å²) in [5.74, 6) is -1.36. The van der Waals surface area contributed by atoms with Gasteiger partial charge in [0.05, 0.1) is 4.90 Å². The molecule has 2 aromatic carbocycles. The van der Waals surface area contributed by atoms with E-state index >= 15 is 0 Å². The number of amides is 4. The van der Waals surface area contributed by atoms with E-state index in [9.17, 15) is 27.6 Å². The van der Waals surface area contributed by atoms with Crippen LogP contribution in [-0.2, 0) is 24.4 Å². The van der Waals surface area contributed by atoms with E-state index in [1.165, 1.54) is 23.1 Å². The Kier molecular flexibility index (Phi) is 6.88. The predicted octanol–water partition coefficient (Wildman–Crippen LogP) is 1.23. The highest BCUT2D eigenvalue weighted by Crippen LogP contribution is 2.19. The number of hydrogen-bond acceptors (Lipinski definition) is 6. The van der Waals surface area contributed by atoms with E-state index in [4.69, 9.17) is 0 Å². The van der Waals surface area contributed by atoms with Crippen LogP contribution in [0.5, 0.6) is 0 Å². The number of aryl methyl sites for hydroxylation is 1. The SMILES string of the molecule is Cc1ccc(NS(=O)(=O)c2cccc(C(=O)N3CCN(C(=O)CN4C(=O)CCC4=O)CC3)c2)cc1. The van der Waals surface area contributed by atoms with Gasteiger partial charge in [-0.2, -0.15) is 0 Å². The first-order chi connectivity index (χ1) is 16.6. The van der Waals surface area contributed by atoms with Crippen LogP contribution in [0.4, 0.5) is 5.69 Å². The van der Waals surface area contributed by atoms with Crippen molar-refractivity contribution in [2.45, 2.75) is 24.7 Å². The van der Waals surface area contributed by atoms with Crippen LogP contribution in [0.25, 0.3) is 0 Å². The fraction of sp³-hybridized carbons (Fsp3) is 0.333. The van der Waals surface area contributed by atoms with Gasteiger partial charge in [0.15, 0.2) is 0 Å². The van der Waals surface area contributed by atoms with Gasteiger partial charge in [0.25, 0.3) is 15.9 Å². The molecule has 0 atom stereocenters. The summed E-state index contributed by atoms with van der Waals surface area (Å²) in [6.07, 6.45) is 0.257. The number of imide groups is 1. The Morgan fingerprint density at radius 1 is 0.886 bits per heavy atom. The number of rotatable bonds is 6. The Morgan fingerprint density at radius 2 is 1.49 bits per heavy atom. The smallest absolute Gasteiger partial charge is 0.261 e. The minimum atomic E-state index is -3.89. The molecule has 0 bridgehead atoms. The maximum atomic E-state index is 13.0. The van der Waals surface area contributed by atoms with Gasteiger partial charge in [-0.05, 0) is 37.3 Å². The topological polar surface area (TPSA) is 124 Å². The molecule has 2 fully saturated rings. The number of benzene rings is 2. The second-order valence-corrected chi connectivity index (χ2v) is 10.2. The molecule has 4 rings (SSSR count). The average molecular weight is 499 g/mol. The maximum absolute atomic E-state index is 13.0. The van der Waals surface area contributed by atoms with Crippen LogP contribution < -0.4 is 4.72 Å². The number of carbonyl (C=O) groups excluding carboxylic acids is 4. The molecule has 0 unspecified atom stereocenters. The quantitative estimate of drug-likeness (QED) is 0.598. The van der Waals surface area contributed by atoms with Gasteiger partial charge >= 0.3 is 0 Å². The second kappa shape index (κ2) is 9.87. The van der Waals surface area contributed by atoms with Crippen molar-refractivity contribution >= 4 is 39.3 Å². The second-order valence-electron chi connectivity index (χ2n) is 8.55. The van der Waals surface area contributed by atoms with E-state index in [0.29, 0.717) is 5.69 Å². The molecule has 0 aromatic heterocycles. The van der Waals surface area contributed by atoms with Gasteiger partial charge in [-0.1, -0.05) is 23.8 Å². The molecule has 2 aliphatic heterocycles. The summed E-state index contributed by atoms with van der Waals surface area (Å²) in [5.41, 5.74) is 1.65. The number of hydrogen-bond donors (Lipinski definition) is 1. The first kappa shape index (κ1) is 24.4. The highest BCUT2D eigenvalue weighted by molar-refractivity contribution is 7.92. The molecule has 0 saturated carbocycles. The third-order valence-electron chi connectivity index (χ3n) is 6.06. The van der Waals surface area contributed by atoms with Crippen LogP contribution in [0.1, 0.15) is 28.8 Å². The van der Waals surface area contributed by atoms with Gasteiger partial charge in [-0.3, -0.25) is 28.8 Å². The molecule has 10 nitrogen and oxygen atoms in total. The lowest BCUT2D eigenvalue weighted by molar-refractivity contribution is -0.146. The van der Waals surface area contributed by atoms with E-state index in [1.807, 2.05) is 6.92 Å². The molecule has 1 N–H and O–H groups in total. The summed E-state index contributed by atoms with van der Waals surface area (Å²) in [6, 6.07) is 12.7. The number of carbonyl (C=O) groups is 4. The first-order valence-electron chi connectivity index (χ1n) is 11.2. The van der Waals surface area contributed by atoms with E-state index in [1.54, 1.807) is 35.2 Å². The van der Waals surface area contributed by atoms with Crippen LogP contribution in [0.3, 0.4) is 0 Å². The third-order valence-corrected chi connectivity index (χ3v) is 7.44. The number of nitrogens with zero attached hydrogens (tertiary/aromatic N) is 3. The number of sulfonamides is 1. The fourth-order valence-electron chi connectivity index (χ4n) is 4.01. The molecule has 4 amide bonds. The zero-order valence-electron chi connectivity index (χ0n) is 19.3. The Bertz CT molecular complexity index is 1250. The van der Waals surface area contributed by atoms with E-state index < -0.39 is 10.0 Å². The van der Waals surface area contributed by atoms with E-state index in [0.717, 1.165) is 10.5 Å². The Hall–Kier alpha value is -3.73. The number of piperazine rings is 1. The van der Waals surface area contributed by atoms with E-state index in [-0.39, 0.29) is 79.7 Å². The average Bonchev–Trinajstić information content (AvgIpc) is 3.17. The van der Waals surface area contributed by atoms with Crippen molar-refractivity contribution < 1.29 is 27.6 Å². The Labute approximate surface area is 203 Å². The van der Waals surface area contributed by atoms with Crippen molar-refractivity contribution in [3.8, 4) is 0 Å². The minimum absolute atomic E-state index is 0.0299. The van der Waals surface area contributed by atoms with Gasteiger partial charge in [0, 0.05) is 50.3 Å². The molecule has 2 heterocycles. The summed E-state index contributed by atoms with van der Waals surface area (Å²) in [5, 5.41) is 0. The normalized spacial score (nSPS) is 16.5. The Morgan fingerprint density at radius 3 is 2.11 bits per heavy atom. The third kappa shape index (κ3) is 5.51. The van der Waals surface area contributed by atoms with Crippen molar-refractivity contribution in [2.24, 2.45) is 0 Å². The molecule has 0 spiro atoms. The molecule has 2 saturated heterocycles. The number of likely N-dealkylation sites (tertiary alicyclic amines) is 1. The zero-order chi connectivity index (χ0) is 25.2. The number of nitrogens with one attached hydrogen (secondary N) is 1. The van der Waals surface area contributed by atoms with Gasteiger partial charge in [-0.15, -0.1) is 0 Å². The molecule has 2 aliphatic rings. The molecule has 0 radical (unpaired) electrons. The monoisotopic (exact) mass is 498 g/mol. The molecular formula is C24H26N4O6S. The standard InChI is InChI=1S/C24H26N4O6S/c1-17-5-7-19(8-6-17)25-35(33,34)20-4-2-3-18(15-20)24(32)27-13-11-26(12-14-27)23(31)16-28-21(29)9-10-22(28)30/h2-8,15,25H,9-14,16H2,1H3. The summed E-state index contributed by atoms with van der Waals surface area (Å²) in [6.45, 7) is 2.65. The van der Waals surface area contributed by atoms with Gasteiger partial charge in [-0.25, -0.2) is 8.42 Å². The summed E-state index contributed by atoms with van der Waals surface area (Å²) >= 11 is 0. The van der Waals surface area contributed by atoms with Crippen molar-refractivity contribution in [2.75, 3.05) is 37.4 Å².